The van der Waals surface area contributed by atoms with Gasteiger partial charge < -0.3 is 16.2 Å². The van der Waals surface area contributed by atoms with Gasteiger partial charge in [0.05, 0.1) is 8.95 Å². The summed E-state index contributed by atoms with van der Waals surface area (Å²) >= 11 is 6.78. The maximum Gasteiger partial charge on any atom is 0.143 e. The lowest BCUT2D eigenvalue weighted by atomic mass is 10.3. The number of hydrogen-bond acceptors (Lipinski definition) is 3. The zero-order chi connectivity index (χ0) is 12.4. The standard InChI is InChI=1S/C12H10Br2N2O/c13-8-6-7(15)4-5-10(8)17-11-3-1-2-9(16)12(11)14/h1-6H,15-16H2. The zero-order valence-corrected chi connectivity index (χ0v) is 12.0. The third kappa shape index (κ3) is 2.73. The number of ether oxygens (including phenoxy) is 1. The van der Waals surface area contributed by atoms with Crippen LogP contribution in [-0.4, -0.2) is 0 Å². The van der Waals surface area contributed by atoms with Crippen LogP contribution in [0.1, 0.15) is 0 Å². The summed E-state index contributed by atoms with van der Waals surface area (Å²) in [5.41, 5.74) is 12.7. The van der Waals surface area contributed by atoms with E-state index in [0.29, 0.717) is 22.9 Å². The largest absolute Gasteiger partial charge is 0.455 e. The molecule has 0 atom stereocenters. The van der Waals surface area contributed by atoms with Crippen LogP contribution in [0.25, 0.3) is 0 Å². The minimum absolute atomic E-state index is 0.633. The van der Waals surface area contributed by atoms with Crippen LogP contribution in [0.2, 0.25) is 0 Å². The van der Waals surface area contributed by atoms with Crippen molar-refractivity contribution >= 4 is 43.2 Å². The molecular formula is C12H10Br2N2O. The number of hydrogen-bond donors (Lipinski definition) is 2. The molecule has 0 aromatic heterocycles. The molecule has 2 rings (SSSR count). The van der Waals surface area contributed by atoms with Crippen LogP contribution in [0, 0.1) is 0 Å². The molecule has 4 N–H and O–H groups in total. The van der Waals surface area contributed by atoms with Crippen molar-refractivity contribution in [3.63, 3.8) is 0 Å². The number of nitrogen functional groups attached to an aromatic ring is 2. The Morgan fingerprint density at radius 1 is 0.941 bits per heavy atom. The summed E-state index contributed by atoms with van der Waals surface area (Å²) in [6, 6.07) is 10.8. The highest BCUT2D eigenvalue weighted by Gasteiger charge is 2.08. The lowest BCUT2D eigenvalue weighted by Gasteiger charge is -2.10. The molecule has 2 aromatic carbocycles. The number of anilines is 2. The summed E-state index contributed by atoms with van der Waals surface area (Å²) in [5, 5.41) is 0. The van der Waals surface area contributed by atoms with E-state index >= 15 is 0 Å². The maximum atomic E-state index is 5.78. The molecule has 0 bridgehead atoms. The van der Waals surface area contributed by atoms with Gasteiger partial charge in [0.1, 0.15) is 11.5 Å². The van der Waals surface area contributed by atoms with Gasteiger partial charge in [-0.05, 0) is 62.2 Å². The Morgan fingerprint density at radius 3 is 2.41 bits per heavy atom. The highest BCUT2D eigenvalue weighted by molar-refractivity contribution is 9.11. The van der Waals surface area contributed by atoms with Crippen molar-refractivity contribution in [1.82, 2.24) is 0 Å². The molecule has 0 fully saturated rings. The Hall–Kier alpha value is -1.20. The Labute approximate surface area is 116 Å². The molecular weight excluding hydrogens is 348 g/mol. The van der Waals surface area contributed by atoms with E-state index in [-0.39, 0.29) is 0 Å². The third-order valence-corrected chi connectivity index (χ3v) is 3.64. The fourth-order valence-corrected chi connectivity index (χ4v) is 2.15. The molecule has 0 aliphatic heterocycles. The van der Waals surface area contributed by atoms with E-state index in [2.05, 4.69) is 31.9 Å². The van der Waals surface area contributed by atoms with Gasteiger partial charge in [-0.3, -0.25) is 0 Å². The highest BCUT2D eigenvalue weighted by atomic mass is 79.9. The van der Waals surface area contributed by atoms with Crippen molar-refractivity contribution in [1.29, 1.82) is 0 Å². The first-order valence-electron chi connectivity index (χ1n) is 4.85. The molecule has 0 spiro atoms. The van der Waals surface area contributed by atoms with Crippen molar-refractivity contribution < 1.29 is 4.74 Å². The summed E-state index contributed by atoms with van der Waals surface area (Å²) in [6.45, 7) is 0. The van der Waals surface area contributed by atoms with Crippen LogP contribution in [0.15, 0.2) is 45.3 Å². The predicted molar refractivity (Wildman–Crippen MR) is 77.2 cm³/mol. The second kappa shape index (κ2) is 4.98. The van der Waals surface area contributed by atoms with Gasteiger partial charge in [0.25, 0.3) is 0 Å². The van der Waals surface area contributed by atoms with Crippen molar-refractivity contribution in [2.24, 2.45) is 0 Å². The first-order valence-corrected chi connectivity index (χ1v) is 6.43. The Morgan fingerprint density at radius 2 is 1.71 bits per heavy atom. The van der Waals surface area contributed by atoms with E-state index < -0.39 is 0 Å². The van der Waals surface area contributed by atoms with Crippen LogP contribution in [0.3, 0.4) is 0 Å². The number of halogens is 2. The van der Waals surface area contributed by atoms with Gasteiger partial charge in [-0.25, -0.2) is 0 Å². The van der Waals surface area contributed by atoms with E-state index in [4.69, 9.17) is 16.2 Å². The monoisotopic (exact) mass is 356 g/mol. The van der Waals surface area contributed by atoms with Gasteiger partial charge >= 0.3 is 0 Å². The Kier molecular flexibility index (Phi) is 3.59. The van der Waals surface area contributed by atoms with Crippen LogP contribution in [0.5, 0.6) is 11.5 Å². The quantitative estimate of drug-likeness (QED) is 0.793. The number of benzene rings is 2. The second-order valence-electron chi connectivity index (χ2n) is 3.45. The molecule has 0 saturated heterocycles. The molecule has 88 valence electrons. The Balaban J connectivity index is 2.35. The average molecular weight is 358 g/mol. The molecule has 0 saturated carbocycles. The van der Waals surface area contributed by atoms with Crippen LogP contribution < -0.4 is 16.2 Å². The summed E-state index contributed by atoms with van der Waals surface area (Å²) < 4.78 is 7.28. The summed E-state index contributed by atoms with van der Waals surface area (Å²) in [7, 11) is 0. The summed E-state index contributed by atoms with van der Waals surface area (Å²) in [4.78, 5) is 0. The lowest BCUT2D eigenvalue weighted by molar-refractivity contribution is 0.477. The molecule has 0 unspecified atom stereocenters. The molecule has 0 amide bonds. The van der Waals surface area contributed by atoms with Crippen molar-refractivity contribution in [3.05, 3.63) is 45.3 Å². The fourth-order valence-electron chi connectivity index (χ4n) is 1.32. The molecule has 0 heterocycles. The van der Waals surface area contributed by atoms with Gasteiger partial charge in [-0.1, -0.05) is 6.07 Å². The molecule has 17 heavy (non-hydrogen) atoms. The first-order chi connectivity index (χ1) is 8.08. The van der Waals surface area contributed by atoms with E-state index in [9.17, 15) is 0 Å². The topological polar surface area (TPSA) is 61.3 Å². The lowest BCUT2D eigenvalue weighted by Crippen LogP contribution is -1.92. The number of rotatable bonds is 2. The SMILES string of the molecule is Nc1ccc(Oc2cccc(N)c2Br)c(Br)c1. The smallest absolute Gasteiger partial charge is 0.143 e. The minimum atomic E-state index is 0.633. The fraction of sp³-hybridized carbons (Fsp3) is 0. The van der Waals surface area contributed by atoms with E-state index in [1.165, 1.54) is 0 Å². The van der Waals surface area contributed by atoms with Gasteiger partial charge in [-0.15, -0.1) is 0 Å². The van der Waals surface area contributed by atoms with Crippen molar-refractivity contribution in [3.8, 4) is 11.5 Å². The minimum Gasteiger partial charge on any atom is -0.455 e. The van der Waals surface area contributed by atoms with E-state index in [1.54, 1.807) is 24.3 Å². The molecule has 0 aliphatic carbocycles. The molecule has 3 nitrogen and oxygen atoms in total. The van der Waals surface area contributed by atoms with Crippen LogP contribution >= 0.6 is 31.9 Å². The van der Waals surface area contributed by atoms with Crippen LogP contribution in [-0.2, 0) is 0 Å². The van der Waals surface area contributed by atoms with Crippen molar-refractivity contribution in [2.75, 3.05) is 11.5 Å². The molecule has 0 radical (unpaired) electrons. The molecule has 2 aromatic rings. The van der Waals surface area contributed by atoms with Gasteiger partial charge in [0.15, 0.2) is 0 Å². The van der Waals surface area contributed by atoms with Gasteiger partial charge in [0.2, 0.25) is 0 Å². The summed E-state index contributed by atoms with van der Waals surface area (Å²) in [6.07, 6.45) is 0. The van der Waals surface area contributed by atoms with Gasteiger partial charge in [-0.2, -0.15) is 0 Å². The second-order valence-corrected chi connectivity index (χ2v) is 5.10. The molecule has 5 heteroatoms. The zero-order valence-electron chi connectivity index (χ0n) is 8.78. The first kappa shape index (κ1) is 12.3. The summed E-state index contributed by atoms with van der Waals surface area (Å²) in [5.74, 6) is 1.35. The van der Waals surface area contributed by atoms with Crippen molar-refractivity contribution in [2.45, 2.75) is 0 Å². The third-order valence-electron chi connectivity index (χ3n) is 2.17. The van der Waals surface area contributed by atoms with E-state index in [1.807, 2.05) is 12.1 Å². The van der Waals surface area contributed by atoms with Gasteiger partial charge in [0, 0.05) is 11.4 Å². The molecule has 0 aliphatic rings. The van der Waals surface area contributed by atoms with Crippen LogP contribution in [0.4, 0.5) is 11.4 Å². The normalized spacial score (nSPS) is 10.2. The maximum absolute atomic E-state index is 5.78. The Bertz CT molecular complexity index is 558. The average Bonchev–Trinajstić information content (AvgIpc) is 2.28. The number of nitrogens with two attached hydrogens (primary N) is 2. The highest BCUT2D eigenvalue weighted by Crippen LogP contribution is 2.37. The van der Waals surface area contributed by atoms with E-state index in [0.717, 1.165) is 8.95 Å². The predicted octanol–water partition coefficient (Wildman–Crippen LogP) is 4.17.